The summed E-state index contributed by atoms with van der Waals surface area (Å²) in [6.45, 7) is 1.97. The van der Waals surface area contributed by atoms with E-state index in [1.54, 1.807) is 6.07 Å². The monoisotopic (exact) mass is 533 g/mol. The third-order valence-corrected chi connectivity index (χ3v) is 6.62. The van der Waals surface area contributed by atoms with E-state index in [0.29, 0.717) is 22.3 Å². The Morgan fingerprint density at radius 3 is 1.92 bits per heavy atom. The van der Waals surface area contributed by atoms with E-state index in [-0.39, 0.29) is 22.7 Å². The lowest BCUT2D eigenvalue weighted by molar-refractivity contribution is -0.189. The first kappa shape index (κ1) is 24.8. The SMILES string of the molecule is Cc1ccc(-c2ccc3nc(-c4cc(F)c(C(F)(F)Oc5cc(F)c(F)c(F)c5)c(F)c4)sc3c2)cc1. The number of nitrogens with zero attached hydrogens (tertiary/aromatic N) is 1. The molecule has 1 aromatic heterocycles. The molecule has 0 amide bonds. The molecule has 0 radical (unpaired) electrons. The van der Waals surface area contributed by atoms with Crippen LogP contribution < -0.4 is 4.74 Å². The normalized spacial score (nSPS) is 11.8. The molecule has 0 aliphatic carbocycles. The minimum absolute atomic E-state index is 0.0912. The molecule has 0 saturated carbocycles. The van der Waals surface area contributed by atoms with Crippen LogP contribution >= 0.6 is 11.3 Å². The topological polar surface area (TPSA) is 22.1 Å². The molecule has 0 aliphatic heterocycles. The minimum atomic E-state index is -4.67. The van der Waals surface area contributed by atoms with Crippen LogP contribution in [0.3, 0.4) is 0 Å². The van der Waals surface area contributed by atoms with Crippen LogP contribution in [-0.2, 0) is 6.11 Å². The molecule has 0 bridgehead atoms. The van der Waals surface area contributed by atoms with E-state index >= 15 is 0 Å². The van der Waals surface area contributed by atoms with Gasteiger partial charge in [-0.05, 0) is 42.3 Å². The molecule has 4 aromatic carbocycles. The predicted molar refractivity (Wildman–Crippen MR) is 126 cm³/mol. The molecule has 0 unspecified atom stereocenters. The van der Waals surface area contributed by atoms with Gasteiger partial charge in [-0.2, -0.15) is 8.78 Å². The lowest BCUT2D eigenvalue weighted by Gasteiger charge is -2.20. The smallest absolute Gasteiger partial charge is 0.429 e. The summed E-state index contributed by atoms with van der Waals surface area (Å²) in [5.74, 6) is -9.99. The van der Waals surface area contributed by atoms with Gasteiger partial charge in [-0.3, -0.25) is 0 Å². The summed E-state index contributed by atoms with van der Waals surface area (Å²) >= 11 is 1.12. The van der Waals surface area contributed by atoms with Crippen molar-refractivity contribution in [2.45, 2.75) is 13.0 Å². The highest BCUT2D eigenvalue weighted by atomic mass is 32.1. The van der Waals surface area contributed by atoms with E-state index in [9.17, 15) is 30.7 Å². The number of thiazole rings is 1. The van der Waals surface area contributed by atoms with Crippen LogP contribution in [0, 0.1) is 36.0 Å². The molecule has 1 heterocycles. The van der Waals surface area contributed by atoms with Gasteiger partial charge in [0, 0.05) is 17.7 Å². The number of aryl methyl sites for hydroxylation is 1. The number of benzene rings is 4. The third-order valence-electron chi connectivity index (χ3n) is 5.56. The summed E-state index contributed by atoms with van der Waals surface area (Å²) in [5, 5.41) is 0.187. The van der Waals surface area contributed by atoms with Crippen molar-refractivity contribution in [2.24, 2.45) is 0 Å². The average molecular weight is 533 g/mol. The molecule has 0 aliphatic rings. The first-order valence-corrected chi connectivity index (χ1v) is 11.5. The van der Waals surface area contributed by atoms with Crippen LogP contribution in [0.5, 0.6) is 5.75 Å². The Hall–Kier alpha value is -3.92. The van der Waals surface area contributed by atoms with Crippen molar-refractivity contribution in [3.63, 3.8) is 0 Å². The van der Waals surface area contributed by atoms with Crippen molar-refractivity contribution >= 4 is 21.6 Å². The number of hydrogen-bond acceptors (Lipinski definition) is 3. The van der Waals surface area contributed by atoms with E-state index in [0.717, 1.165) is 28.0 Å². The maximum atomic E-state index is 14.8. The van der Waals surface area contributed by atoms with E-state index < -0.39 is 46.5 Å². The average Bonchev–Trinajstić information content (AvgIpc) is 3.25. The zero-order chi connectivity index (χ0) is 26.5. The Bertz CT molecular complexity index is 1600. The lowest BCUT2D eigenvalue weighted by atomic mass is 10.0. The van der Waals surface area contributed by atoms with Gasteiger partial charge in [-0.1, -0.05) is 35.9 Å². The van der Waals surface area contributed by atoms with E-state index in [2.05, 4.69) is 9.72 Å². The Morgan fingerprint density at radius 2 is 1.30 bits per heavy atom. The third kappa shape index (κ3) is 4.76. The molecule has 5 aromatic rings. The van der Waals surface area contributed by atoms with Gasteiger partial charge in [-0.25, -0.2) is 26.9 Å². The van der Waals surface area contributed by atoms with Crippen LogP contribution in [0.4, 0.5) is 30.7 Å². The molecule has 37 heavy (non-hydrogen) atoms. The fraction of sp³-hybridized carbons (Fsp3) is 0.0741. The summed E-state index contributed by atoms with van der Waals surface area (Å²) in [5.41, 5.74) is 1.66. The summed E-state index contributed by atoms with van der Waals surface area (Å²) in [4.78, 5) is 4.35. The van der Waals surface area contributed by atoms with E-state index in [4.69, 9.17) is 0 Å². The van der Waals surface area contributed by atoms with E-state index in [1.165, 1.54) is 0 Å². The van der Waals surface area contributed by atoms with Crippen molar-refractivity contribution in [2.75, 3.05) is 0 Å². The number of ether oxygens (including phenoxy) is 1. The molecule has 5 rings (SSSR count). The van der Waals surface area contributed by atoms with Gasteiger partial charge < -0.3 is 4.74 Å². The van der Waals surface area contributed by atoms with Crippen molar-refractivity contribution in [1.29, 1.82) is 0 Å². The zero-order valence-corrected chi connectivity index (χ0v) is 19.6. The van der Waals surface area contributed by atoms with Gasteiger partial charge in [0.25, 0.3) is 0 Å². The molecule has 0 N–H and O–H groups in total. The Kier molecular flexibility index (Phi) is 6.15. The molecule has 0 saturated heterocycles. The number of hydrogen-bond donors (Lipinski definition) is 0. The van der Waals surface area contributed by atoms with Crippen LogP contribution in [0.2, 0.25) is 0 Å². The largest absolute Gasteiger partial charge is 0.432 e. The molecule has 0 fully saturated rings. The Morgan fingerprint density at radius 1 is 0.703 bits per heavy atom. The molecule has 0 spiro atoms. The summed E-state index contributed by atoms with van der Waals surface area (Å²) < 4.78 is 103. The van der Waals surface area contributed by atoms with Gasteiger partial charge in [0.05, 0.1) is 10.2 Å². The first-order valence-electron chi connectivity index (χ1n) is 10.7. The summed E-state index contributed by atoms with van der Waals surface area (Å²) in [6.07, 6.45) is -4.67. The van der Waals surface area contributed by atoms with Crippen molar-refractivity contribution in [1.82, 2.24) is 4.98 Å². The maximum absolute atomic E-state index is 14.8. The fourth-order valence-electron chi connectivity index (χ4n) is 3.74. The van der Waals surface area contributed by atoms with Crippen LogP contribution in [0.1, 0.15) is 11.1 Å². The van der Waals surface area contributed by atoms with Gasteiger partial charge in [0.2, 0.25) is 0 Å². The summed E-state index contributed by atoms with van der Waals surface area (Å²) in [7, 11) is 0. The molecule has 2 nitrogen and oxygen atoms in total. The standard InChI is InChI=1S/C27H14F7NOS/c1-13-2-4-14(5-3-13)15-6-7-22-23(10-15)37-26(35-22)16-8-18(28)24(19(29)9-16)27(33,34)36-17-11-20(30)25(32)21(31)12-17/h2-12H,1H3. The van der Waals surface area contributed by atoms with Gasteiger partial charge in [0.1, 0.15) is 28.0 Å². The molecular formula is C27H14F7NOS. The quantitative estimate of drug-likeness (QED) is 0.166. The number of aromatic nitrogens is 1. The number of rotatable bonds is 5. The number of alkyl halides is 2. The molecule has 0 atom stereocenters. The van der Waals surface area contributed by atoms with Gasteiger partial charge in [-0.15, -0.1) is 11.3 Å². The van der Waals surface area contributed by atoms with Crippen LogP contribution in [-0.4, -0.2) is 4.98 Å². The Labute approximate surface area is 209 Å². The molecule has 10 heteroatoms. The van der Waals surface area contributed by atoms with Crippen molar-refractivity contribution in [3.05, 3.63) is 107 Å². The van der Waals surface area contributed by atoms with Gasteiger partial charge >= 0.3 is 6.11 Å². The number of fused-ring (bicyclic) bond motifs is 1. The molecular weight excluding hydrogens is 519 g/mol. The number of halogens is 7. The van der Waals surface area contributed by atoms with Crippen LogP contribution in [0.25, 0.3) is 31.9 Å². The second-order valence-corrected chi connectivity index (χ2v) is 9.23. The zero-order valence-electron chi connectivity index (χ0n) is 18.8. The highest BCUT2D eigenvalue weighted by Gasteiger charge is 2.41. The predicted octanol–water partition coefficient (Wildman–Crippen LogP) is 8.76. The minimum Gasteiger partial charge on any atom is -0.429 e. The maximum Gasteiger partial charge on any atom is 0.432 e. The van der Waals surface area contributed by atoms with Gasteiger partial charge in [0.15, 0.2) is 17.5 Å². The highest BCUT2D eigenvalue weighted by molar-refractivity contribution is 7.21. The molecule has 188 valence electrons. The summed E-state index contributed by atoms with van der Waals surface area (Å²) in [6, 6.07) is 14.9. The van der Waals surface area contributed by atoms with Crippen molar-refractivity contribution in [3.8, 4) is 27.4 Å². The first-order chi connectivity index (χ1) is 17.5. The van der Waals surface area contributed by atoms with E-state index in [1.807, 2.05) is 43.3 Å². The van der Waals surface area contributed by atoms with Crippen molar-refractivity contribution < 1.29 is 35.5 Å². The highest BCUT2D eigenvalue weighted by Crippen LogP contribution is 2.39. The Balaban J connectivity index is 1.48. The lowest BCUT2D eigenvalue weighted by Crippen LogP contribution is -2.25. The second kappa shape index (κ2) is 9.19. The fourth-order valence-corrected chi connectivity index (χ4v) is 4.73. The van der Waals surface area contributed by atoms with Crippen LogP contribution in [0.15, 0.2) is 66.7 Å². The second-order valence-electron chi connectivity index (χ2n) is 8.20.